The van der Waals surface area contributed by atoms with Gasteiger partial charge >= 0.3 is 5.97 Å². The first kappa shape index (κ1) is 22.1. The van der Waals surface area contributed by atoms with Crippen LogP contribution in [0, 0.1) is 5.92 Å². The molecule has 1 saturated heterocycles. The zero-order valence-electron chi connectivity index (χ0n) is 15.9. The van der Waals surface area contributed by atoms with Gasteiger partial charge in [-0.05, 0) is 38.2 Å². The van der Waals surface area contributed by atoms with Crippen LogP contribution in [0.2, 0.25) is 0 Å². The summed E-state index contributed by atoms with van der Waals surface area (Å²) in [7, 11) is 2.90. The number of methoxy groups -OCH3 is 2. The van der Waals surface area contributed by atoms with E-state index in [9.17, 15) is 15.0 Å². The highest BCUT2D eigenvalue weighted by Crippen LogP contribution is 2.36. The van der Waals surface area contributed by atoms with Crippen molar-refractivity contribution in [1.29, 1.82) is 0 Å². The first-order chi connectivity index (χ1) is 11.7. The molecule has 0 amide bonds. The molecule has 7 nitrogen and oxygen atoms in total. The quantitative estimate of drug-likeness (QED) is 0.369. The van der Waals surface area contributed by atoms with Gasteiger partial charge in [0.05, 0.1) is 25.7 Å². The van der Waals surface area contributed by atoms with Gasteiger partial charge in [-0.15, -0.1) is 0 Å². The summed E-state index contributed by atoms with van der Waals surface area (Å²) < 4.78 is 10.2. The third-order valence-electron chi connectivity index (χ3n) is 4.73. The third kappa shape index (κ3) is 7.03. The second-order valence-electron chi connectivity index (χ2n) is 6.84. The topological polar surface area (TPSA) is 94.5 Å². The SMILES string of the molecule is COC(=O)C[C@@H]1OO[C@@](CCC[C@H](O)C=C(C)[C@H](C)O)(OC)C[C@@H]1C. The van der Waals surface area contributed by atoms with Gasteiger partial charge in [0, 0.05) is 20.0 Å². The molecule has 0 aromatic carbocycles. The van der Waals surface area contributed by atoms with Gasteiger partial charge in [0.15, 0.2) is 0 Å². The van der Waals surface area contributed by atoms with E-state index in [2.05, 4.69) is 4.74 Å². The fourth-order valence-electron chi connectivity index (χ4n) is 2.85. The number of ether oxygens (including phenoxy) is 2. The van der Waals surface area contributed by atoms with Crippen molar-refractivity contribution in [3.63, 3.8) is 0 Å². The third-order valence-corrected chi connectivity index (χ3v) is 4.73. The van der Waals surface area contributed by atoms with Gasteiger partial charge in [0.25, 0.3) is 0 Å². The summed E-state index contributed by atoms with van der Waals surface area (Å²) in [5, 5.41) is 19.5. The molecule has 0 saturated carbocycles. The van der Waals surface area contributed by atoms with Crippen LogP contribution in [0.5, 0.6) is 0 Å². The number of carbonyl (C=O) groups excluding carboxylic acids is 1. The summed E-state index contributed by atoms with van der Waals surface area (Å²) in [6, 6.07) is 0. The molecule has 0 aromatic heterocycles. The molecule has 1 aliphatic heterocycles. The Kier molecular flexibility index (Phi) is 9.02. The number of rotatable bonds is 9. The second-order valence-corrected chi connectivity index (χ2v) is 6.84. The van der Waals surface area contributed by atoms with Crippen LogP contribution in [-0.2, 0) is 24.0 Å². The van der Waals surface area contributed by atoms with E-state index in [1.54, 1.807) is 27.0 Å². The molecule has 0 spiro atoms. The molecule has 0 aliphatic carbocycles. The van der Waals surface area contributed by atoms with Gasteiger partial charge in [0.2, 0.25) is 5.79 Å². The molecule has 1 rings (SSSR count). The predicted octanol–water partition coefficient (Wildman–Crippen LogP) is 2.11. The Balaban J connectivity index is 2.51. The zero-order chi connectivity index (χ0) is 19.0. The van der Waals surface area contributed by atoms with Crippen LogP contribution < -0.4 is 0 Å². The number of aliphatic hydroxyl groups is 2. The maximum absolute atomic E-state index is 11.4. The Labute approximate surface area is 149 Å². The Morgan fingerprint density at radius 3 is 2.60 bits per heavy atom. The normalized spacial score (nSPS) is 30.0. The molecule has 5 atom stereocenters. The lowest BCUT2D eigenvalue weighted by Crippen LogP contribution is -2.46. The van der Waals surface area contributed by atoms with E-state index < -0.39 is 18.0 Å². The van der Waals surface area contributed by atoms with Crippen LogP contribution in [0.4, 0.5) is 0 Å². The van der Waals surface area contributed by atoms with Gasteiger partial charge in [-0.1, -0.05) is 13.0 Å². The van der Waals surface area contributed by atoms with Crippen molar-refractivity contribution in [2.45, 2.75) is 77.0 Å². The van der Waals surface area contributed by atoms with E-state index >= 15 is 0 Å². The Morgan fingerprint density at radius 2 is 2.08 bits per heavy atom. The monoisotopic (exact) mass is 360 g/mol. The highest BCUT2D eigenvalue weighted by Gasteiger charge is 2.42. The predicted molar refractivity (Wildman–Crippen MR) is 91.4 cm³/mol. The summed E-state index contributed by atoms with van der Waals surface area (Å²) in [5.74, 6) is -1.15. The van der Waals surface area contributed by atoms with Crippen molar-refractivity contribution >= 4 is 5.97 Å². The van der Waals surface area contributed by atoms with E-state index in [0.29, 0.717) is 25.7 Å². The largest absolute Gasteiger partial charge is 0.469 e. The van der Waals surface area contributed by atoms with Gasteiger partial charge in [-0.2, -0.15) is 0 Å². The molecule has 146 valence electrons. The van der Waals surface area contributed by atoms with E-state index in [1.165, 1.54) is 7.11 Å². The number of aliphatic hydroxyl groups excluding tert-OH is 2. The Bertz CT molecular complexity index is 449. The van der Waals surface area contributed by atoms with Crippen molar-refractivity contribution in [3.05, 3.63) is 11.6 Å². The van der Waals surface area contributed by atoms with Gasteiger partial charge in [0.1, 0.15) is 6.10 Å². The smallest absolute Gasteiger partial charge is 0.308 e. The minimum absolute atomic E-state index is 0.0649. The molecule has 2 N–H and O–H groups in total. The first-order valence-corrected chi connectivity index (χ1v) is 8.74. The van der Waals surface area contributed by atoms with Crippen LogP contribution in [0.15, 0.2) is 11.6 Å². The Hall–Kier alpha value is -0.990. The standard InChI is InChI=1S/C18H32O7/c1-12(14(3)19)9-15(20)7-6-8-18(23-5)11-13(2)16(24-25-18)10-17(21)22-4/h9,13-16,19-20H,6-8,10-11H2,1-5H3/t13-,14-,15-,16-,18+/m0/s1. The molecule has 7 heteroatoms. The fourth-order valence-corrected chi connectivity index (χ4v) is 2.85. The summed E-state index contributed by atoms with van der Waals surface area (Å²) >= 11 is 0. The molecule has 1 fully saturated rings. The van der Waals surface area contributed by atoms with Crippen molar-refractivity contribution in [1.82, 2.24) is 0 Å². The average Bonchev–Trinajstić information content (AvgIpc) is 2.56. The molecule has 0 radical (unpaired) electrons. The highest BCUT2D eigenvalue weighted by atomic mass is 17.2. The molecule has 1 aliphatic rings. The summed E-state index contributed by atoms with van der Waals surface area (Å²) in [6.07, 6.45) is 2.57. The number of carbonyl (C=O) groups is 1. The van der Waals surface area contributed by atoms with Gasteiger partial charge in [-0.25, -0.2) is 9.78 Å². The van der Waals surface area contributed by atoms with E-state index in [-0.39, 0.29) is 24.4 Å². The molecule has 0 aromatic rings. The molecular formula is C18H32O7. The lowest BCUT2D eigenvalue weighted by Gasteiger charge is -2.40. The minimum atomic E-state index is -0.880. The summed E-state index contributed by atoms with van der Waals surface area (Å²) in [5.41, 5.74) is 0.741. The van der Waals surface area contributed by atoms with Crippen molar-refractivity contribution in [2.24, 2.45) is 5.92 Å². The average molecular weight is 360 g/mol. The maximum atomic E-state index is 11.4. The second kappa shape index (κ2) is 10.2. The van der Waals surface area contributed by atoms with Crippen LogP contribution in [0.1, 0.15) is 52.9 Å². The minimum Gasteiger partial charge on any atom is -0.469 e. The molecule has 1 heterocycles. The van der Waals surface area contributed by atoms with E-state index in [4.69, 9.17) is 14.5 Å². The van der Waals surface area contributed by atoms with Crippen LogP contribution >= 0.6 is 0 Å². The highest BCUT2D eigenvalue weighted by molar-refractivity contribution is 5.69. The molecule has 25 heavy (non-hydrogen) atoms. The van der Waals surface area contributed by atoms with Crippen molar-refractivity contribution in [3.8, 4) is 0 Å². The fraction of sp³-hybridized carbons (Fsp3) is 0.833. The van der Waals surface area contributed by atoms with Crippen LogP contribution in [-0.4, -0.2) is 54.5 Å². The lowest BCUT2D eigenvalue weighted by atomic mass is 9.89. The molecular weight excluding hydrogens is 328 g/mol. The van der Waals surface area contributed by atoms with Crippen LogP contribution in [0.3, 0.4) is 0 Å². The molecule has 0 unspecified atom stereocenters. The van der Waals surface area contributed by atoms with Crippen molar-refractivity contribution in [2.75, 3.05) is 14.2 Å². The van der Waals surface area contributed by atoms with E-state index in [0.717, 1.165) is 5.57 Å². The first-order valence-electron chi connectivity index (χ1n) is 8.74. The maximum Gasteiger partial charge on any atom is 0.308 e. The van der Waals surface area contributed by atoms with Gasteiger partial charge < -0.3 is 19.7 Å². The molecule has 0 bridgehead atoms. The zero-order valence-corrected chi connectivity index (χ0v) is 15.9. The number of esters is 1. The summed E-state index contributed by atoms with van der Waals surface area (Å²) in [6.45, 7) is 5.43. The van der Waals surface area contributed by atoms with E-state index in [1.807, 2.05) is 6.92 Å². The van der Waals surface area contributed by atoms with Gasteiger partial charge in [-0.3, -0.25) is 4.79 Å². The lowest BCUT2D eigenvalue weighted by molar-refractivity contribution is -0.475. The van der Waals surface area contributed by atoms with Crippen LogP contribution in [0.25, 0.3) is 0 Å². The van der Waals surface area contributed by atoms with Crippen molar-refractivity contribution < 1.29 is 34.3 Å². The number of hydrogen-bond acceptors (Lipinski definition) is 7. The Morgan fingerprint density at radius 1 is 1.40 bits per heavy atom. The summed E-state index contributed by atoms with van der Waals surface area (Å²) in [4.78, 5) is 22.3. The number of hydrogen-bond donors (Lipinski definition) is 2.